The molecule has 1 aliphatic rings. The fourth-order valence-electron chi connectivity index (χ4n) is 1.93. The van der Waals surface area contributed by atoms with Crippen molar-refractivity contribution in [2.45, 2.75) is 16.8 Å². The number of carbonyl (C=O) groups is 1. The van der Waals surface area contributed by atoms with E-state index >= 15 is 0 Å². The standard InChI is InChI=1S/C16H13NO2S/c1-16(20-13-10-6-3-7-11-13)15(18)17-14(19-16)12-8-4-2-5-9-12/h2-11H,1H3/t16-/m0/s1. The largest absolute Gasteiger partial charge is 0.449 e. The highest BCUT2D eigenvalue weighted by atomic mass is 32.2. The van der Waals surface area contributed by atoms with Crippen molar-refractivity contribution >= 4 is 23.6 Å². The molecule has 0 spiro atoms. The van der Waals surface area contributed by atoms with Gasteiger partial charge in [0.15, 0.2) is 0 Å². The number of amides is 1. The average molecular weight is 283 g/mol. The van der Waals surface area contributed by atoms with Crippen LogP contribution in [0.4, 0.5) is 0 Å². The Hall–Kier alpha value is -2.07. The van der Waals surface area contributed by atoms with E-state index in [1.807, 2.05) is 60.7 Å². The van der Waals surface area contributed by atoms with E-state index in [0.717, 1.165) is 10.5 Å². The van der Waals surface area contributed by atoms with Gasteiger partial charge in [-0.3, -0.25) is 4.79 Å². The van der Waals surface area contributed by atoms with Gasteiger partial charge in [-0.05, 0) is 31.2 Å². The highest BCUT2D eigenvalue weighted by molar-refractivity contribution is 8.01. The third kappa shape index (κ3) is 2.47. The molecule has 0 aromatic heterocycles. The van der Waals surface area contributed by atoms with E-state index in [1.54, 1.807) is 6.92 Å². The van der Waals surface area contributed by atoms with Gasteiger partial charge in [0.25, 0.3) is 0 Å². The Morgan fingerprint density at radius 3 is 2.25 bits per heavy atom. The van der Waals surface area contributed by atoms with Gasteiger partial charge >= 0.3 is 5.91 Å². The summed E-state index contributed by atoms with van der Waals surface area (Å²) in [5.74, 6) is 0.131. The lowest BCUT2D eigenvalue weighted by Gasteiger charge is -2.20. The minimum absolute atomic E-state index is 0.259. The van der Waals surface area contributed by atoms with Crippen LogP contribution in [-0.2, 0) is 9.53 Å². The number of benzene rings is 2. The third-order valence-corrected chi connectivity index (χ3v) is 4.11. The summed E-state index contributed by atoms with van der Waals surface area (Å²) in [5.41, 5.74) is 0.818. The smallest absolute Gasteiger partial charge is 0.303 e. The zero-order chi connectivity index (χ0) is 14.0. The first-order valence-electron chi connectivity index (χ1n) is 6.29. The lowest BCUT2D eigenvalue weighted by atomic mass is 10.2. The highest BCUT2D eigenvalue weighted by Crippen LogP contribution is 2.38. The van der Waals surface area contributed by atoms with Crippen molar-refractivity contribution in [2.24, 2.45) is 4.99 Å². The summed E-state index contributed by atoms with van der Waals surface area (Å²) < 4.78 is 5.81. The van der Waals surface area contributed by atoms with Crippen LogP contribution in [0, 0.1) is 0 Å². The summed E-state index contributed by atoms with van der Waals surface area (Å²) in [6, 6.07) is 19.2. The van der Waals surface area contributed by atoms with Gasteiger partial charge in [0, 0.05) is 10.5 Å². The average Bonchev–Trinajstić information content (AvgIpc) is 2.77. The molecule has 1 amide bonds. The molecule has 0 saturated carbocycles. The molecular weight excluding hydrogens is 270 g/mol. The first-order valence-corrected chi connectivity index (χ1v) is 7.11. The van der Waals surface area contributed by atoms with Crippen LogP contribution in [0.3, 0.4) is 0 Å². The van der Waals surface area contributed by atoms with Crippen LogP contribution < -0.4 is 0 Å². The summed E-state index contributed by atoms with van der Waals surface area (Å²) >= 11 is 1.37. The molecule has 1 heterocycles. The molecular formula is C16H13NO2S. The van der Waals surface area contributed by atoms with Crippen LogP contribution in [-0.4, -0.2) is 16.7 Å². The van der Waals surface area contributed by atoms with Gasteiger partial charge in [-0.25, -0.2) is 0 Å². The van der Waals surface area contributed by atoms with Gasteiger partial charge in [0.2, 0.25) is 10.8 Å². The van der Waals surface area contributed by atoms with Gasteiger partial charge < -0.3 is 4.74 Å². The van der Waals surface area contributed by atoms with Crippen molar-refractivity contribution in [1.29, 1.82) is 0 Å². The topological polar surface area (TPSA) is 38.7 Å². The Morgan fingerprint density at radius 2 is 1.60 bits per heavy atom. The van der Waals surface area contributed by atoms with Crippen LogP contribution >= 0.6 is 11.8 Å². The molecule has 100 valence electrons. The highest BCUT2D eigenvalue weighted by Gasteiger charge is 2.43. The number of thioether (sulfide) groups is 1. The number of ether oxygens (including phenoxy) is 1. The molecule has 3 rings (SSSR count). The summed E-state index contributed by atoms with van der Waals surface area (Å²) in [7, 11) is 0. The van der Waals surface area contributed by atoms with Crippen molar-refractivity contribution in [1.82, 2.24) is 0 Å². The molecule has 3 nitrogen and oxygen atoms in total. The monoisotopic (exact) mass is 283 g/mol. The Morgan fingerprint density at radius 1 is 1.00 bits per heavy atom. The SMILES string of the molecule is C[C@@]1(Sc2ccccc2)OC(c2ccccc2)=NC1=O. The molecule has 0 bridgehead atoms. The molecule has 0 N–H and O–H groups in total. The number of nitrogens with zero attached hydrogens (tertiary/aromatic N) is 1. The molecule has 20 heavy (non-hydrogen) atoms. The van der Waals surface area contributed by atoms with E-state index < -0.39 is 4.93 Å². The number of rotatable bonds is 3. The van der Waals surface area contributed by atoms with Crippen LogP contribution in [0.2, 0.25) is 0 Å². The second-order valence-electron chi connectivity index (χ2n) is 4.55. The second kappa shape index (κ2) is 5.13. The fourth-order valence-corrected chi connectivity index (χ4v) is 2.92. The van der Waals surface area contributed by atoms with Crippen LogP contribution in [0.5, 0.6) is 0 Å². The predicted octanol–water partition coefficient (Wildman–Crippen LogP) is 3.50. The summed E-state index contributed by atoms with van der Waals surface area (Å²) in [4.78, 5) is 16.2. The Balaban J connectivity index is 1.83. The van der Waals surface area contributed by atoms with E-state index in [1.165, 1.54) is 11.8 Å². The molecule has 0 radical (unpaired) electrons. The number of hydrogen-bond acceptors (Lipinski definition) is 3. The van der Waals surface area contributed by atoms with Gasteiger partial charge in [0.05, 0.1) is 0 Å². The van der Waals surface area contributed by atoms with E-state index in [4.69, 9.17) is 4.74 Å². The Labute approximate surface area is 121 Å². The van der Waals surface area contributed by atoms with E-state index in [0.29, 0.717) is 5.90 Å². The fraction of sp³-hybridized carbons (Fsp3) is 0.125. The quantitative estimate of drug-likeness (QED) is 0.865. The molecule has 2 aromatic carbocycles. The maximum Gasteiger partial charge on any atom is 0.303 e. The summed E-state index contributed by atoms with van der Waals surface area (Å²) in [6.07, 6.45) is 0. The van der Waals surface area contributed by atoms with Crippen molar-refractivity contribution in [3.05, 3.63) is 66.2 Å². The van der Waals surface area contributed by atoms with Gasteiger partial charge in [0.1, 0.15) is 0 Å². The van der Waals surface area contributed by atoms with Gasteiger partial charge in [-0.15, -0.1) is 0 Å². The van der Waals surface area contributed by atoms with E-state index in [-0.39, 0.29) is 5.91 Å². The third-order valence-electron chi connectivity index (χ3n) is 2.96. The van der Waals surface area contributed by atoms with Crippen molar-refractivity contribution < 1.29 is 9.53 Å². The normalized spacial score (nSPS) is 21.4. The second-order valence-corrected chi connectivity index (χ2v) is 6.01. The first-order chi connectivity index (χ1) is 9.67. The van der Waals surface area contributed by atoms with E-state index in [9.17, 15) is 4.79 Å². The zero-order valence-electron chi connectivity index (χ0n) is 10.9. The molecule has 1 atom stereocenters. The number of hydrogen-bond donors (Lipinski definition) is 0. The van der Waals surface area contributed by atoms with Gasteiger partial charge in [-0.2, -0.15) is 4.99 Å². The number of aliphatic imine (C=N–C) groups is 1. The molecule has 4 heteroatoms. The van der Waals surface area contributed by atoms with Crippen molar-refractivity contribution in [2.75, 3.05) is 0 Å². The summed E-state index contributed by atoms with van der Waals surface area (Å²) in [6.45, 7) is 1.76. The van der Waals surface area contributed by atoms with Crippen LogP contribution in [0.15, 0.2) is 70.6 Å². The maximum atomic E-state index is 12.2. The van der Waals surface area contributed by atoms with Crippen LogP contribution in [0.25, 0.3) is 0 Å². The number of carbonyl (C=O) groups excluding carboxylic acids is 1. The van der Waals surface area contributed by atoms with Crippen LogP contribution in [0.1, 0.15) is 12.5 Å². The molecule has 0 unspecified atom stereocenters. The minimum atomic E-state index is -0.994. The lowest BCUT2D eigenvalue weighted by molar-refractivity contribution is -0.123. The predicted molar refractivity (Wildman–Crippen MR) is 79.8 cm³/mol. The molecule has 1 aliphatic heterocycles. The lowest BCUT2D eigenvalue weighted by Crippen LogP contribution is -2.29. The maximum absolute atomic E-state index is 12.2. The molecule has 0 saturated heterocycles. The molecule has 0 fully saturated rings. The Bertz CT molecular complexity index is 655. The van der Waals surface area contributed by atoms with Gasteiger partial charge in [-0.1, -0.05) is 48.2 Å². The Kier molecular flexibility index (Phi) is 3.32. The van der Waals surface area contributed by atoms with E-state index in [2.05, 4.69) is 4.99 Å². The summed E-state index contributed by atoms with van der Waals surface area (Å²) in [5, 5.41) is 0. The minimum Gasteiger partial charge on any atom is -0.449 e. The van der Waals surface area contributed by atoms with Crippen molar-refractivity contribution in [3.63, 3.8) is 0 Å². The molecule has 2 aromatic rings. The molecule has 0 aliphatic carbocycles. The zero-order valence-corrected chi connectivity index (χ0v) is 11.8. The van der Waals surface area contributed by atoms with Crippen molar-refractivity contribution in [3.8, 4) is 0 Å². The first kappa shape index (κ1) is 12.9.